The van der Waals surface area contributed by atoms with E-state index < -0.39 is 17.3 Å². The molecule has 1 heterocycles. The van der Waals surface area contributed by atoms with Gasteiger partial charge in [0, 0.05) is 11.1 Å². The number of rotatable bonds is 2. The van der Waals surface area contributed by atoms with Crippen LogP contribution < -0.4 is 11.5 Å². The van der Waals surface area contributed by atoms with Crippen LogP contribution in [0.25, 0.3) is 0 Å². The minimum absolute atomic E-state index is 0.110. The molecule has 1 aromatic rings. The predicted molar refractivity (Wildman–Crippen MR) is 80.4 cm³/mol. The molecule has 2 rings (SSSR count). The lowest BCUT2D eigenvalue weighted by molar-refractivity contribution is 0.1000. The minimum atomic E-state index is -0.766. The molecule has 1 amide bonds. The zero-order chi connectivity index (χ0) is 14.9. The first-order valence-electron chi connectivity index (χ1n) is 6.40. The summed E-state index contributed by atoms with van der Waals surface area (Å²) in [5.41, 5.74) is 11.1. The molecule has 0 fully saturated rings. The zero-order valence-corrected chi connectivity index (χ0v) is 12.3. The highest BCUT2D eigenvalue weighted by Crippen LogP contribution is 2.36. The van der Waals surface area contributed by atoms with Crippen LogP contribution in [0.15, 0.2) is 23.2 Å². The van der Waals surface area contributed by atoms with Gasteiger partial charge in [0.2, 0.25) is 5.91 Å². The number of hydrogen-bond donors (Lipinski definition) is 2. The van der Waals surface area contributed by atoms with Gasteiger partial charge in [-0.3, -0.25) is 9.79 Å². The number of carbonyl (C=O) groups excluding carboxylic acids is 1. The van der Waals surface area contributed by atoms with Crippen molar-refractivity contribution in [3.8, 4) is 0 Å². The van der Waals surface area contributed by atoms with Gasteiger partial charge in [-0.05, 0) is 44.2 Å². The van der Waals surface area contributed by atoms with Crippen molar-refractivity contribution < 1.29 is 9.18 Å². The van der Waals surface area contributed by atoms with E-state index in [0.29, 0.717) is 17.8 Å². The van der Waals surface area contributed by atoms with Gasteiger partial charge in [0.1, 0.15) is 11.7 Å². The average Bonchev–Trinajstić information content (AvgIpc) is 2.50. The Morgan fingerprint density at radius 2 is 2.25 bits per heavy atom. The van der Waals surface area contributed by atoms with Gasteiger partial charge >= 0.3 is 0 Å². The maximum atomic E-state index is 14.2. The van der Waals surface area contributed by atoms with Gasteiger partial charge in [-0.25, -0.2) is 4.39 Å². The molecule has 1 unspecified atom stereocenters. The first kappa shape index (κ1) is 14.8. The van der Waals surface area contributed by atoms with Gasteiger partial charge in [-0.1, -0.05) is 0 Å². The van der Waals surface area contributed by atoms with Crippen LogP contribution in [0.3, 0.4) is 0 Å². The van der Waals surface area contributed by atoms with E-state index in [0.717, 1.165) is 5.75 Å². The molecule has 0 aromatic heterocycles. The number of thioether (sulfide) groups is 1. The Kier molecular flexibility index (Phi) is 4.04. The number of nitrogens with zero attached hydrogens (tertiary/aromatic N) is 1. The topological polar surface area (TPSA) is 81.5 Å². The number of nitrogens with two attached hydrogens (primary N) is 2. The number of carbonyl (C=O) groups is 1. The summed E-state index contributed by atoms with van der Waals surface area (Å²) < 4.78 is 14.2. The largest absolute Gasteiger partial charge is 0.387 e. The Morgan fingerprint density at radius 1 is 1.55 bits per heavy atom. The standard InChI is InChI=1S/C14H18FN3OS/c1-8-12(16)18-14(2,5-6-20-8)10-7-9(13(17)19)3-4-11(10)15/h3-4,7-8H,5-6H2,1-2H3,(H2,16,18)(H2,17,19)/t8-,14?/m0/s1. The minimum Gasteiger partial charge on any atom is -0.387 e. The van der Waals surface area contributed by atoms with E-state index in [9.17, 15) is 9.18 Å². The molecule has 6 heteroatoms. The summed E-state index contributed by atoms with van der Waals surface area (Å²) in [4.78, 5) is 15.8. The van der Waals surface area contributed by atoms with Crippen molar-refractivity contribution >= 4 is 23.5 Å². The number of primary amides is 1. The normalized spacial score (nSPS) is 26.8. The second kappa shape index (κ2) is 5.44. The summed E-state index contributed by atoms with van der Waals surface area (Å²) in [5.74, 6) is 0.345. The average molecular weight is 295 g/mol. The van der Waals surface area contributed by atoms with Crippen molar-refractivity contribution in [1.29, 1.82) is 0 Å². The third-order valence-corrected chi connectivity index (χ3v) is 4.76. The zero-order valence-electron chi connectivity index (χ0n) is 11.5. The molecule has 108 valence electrons. The fourth-order valence-corrected chi connectivity index (χ4v) is 3.33. The van der Waals surface area contributed by atoms with Crippen molar-refractivity contribution in [3.05, 3.63) is 35.1 Å². The number of benzene rings is 1. The van der Waals surface area contributed by atoms with Gasteiger partial charge < -0.3 is 11.5 Å². The van der Waals surface area contributed by atoms with Crippen molar-refractivity contribution in [2.45, 2.75) is 31.1 Å². The highest BCUT2D eigenvalue weighted by atomic mass is 32.2. The fraction of sp³-hybridized carbons (Fsp3) is 0.429. The predicted octanol–water partition coefficient (Wildman–Crippen LogP) is 2.02. The van der Waals surface area contributed by atoms with Crippen LogP contribution in [0.2, 0.25) is 0 Å². The van der Waals surface area contributed by atoms with E-state index in [1.807, 2.05) is 13.8 Å². The molecule has 1 aromatic carbocycles. The summed E-state index contributed by atoms with van der Waals surface area (Å²) in [6.07, 6.45) is 0.655. The molecule has 1 aliphatic heterocycles. The van der Waals surface area contributed by atoms with Gasteiger partial charge in [-0.15, -0.1) is 0 Å². The second-order valence-corrected chi connectivity index (χ2v) is 6.58. The fourth-order valence-electron chi connectivity index (χ4n) is 2.24. The summed E-state index contributed by atoms with van der Waals surface area (Å²) in [7, 11) is 0. The Balaban J connectivity index is 2.53. The van der Waals surface area contributed by atoms with Crippen LogP contribution in [0.1, 0.15) is 36.2 Å². The van der Waals surface area contributed by atoms with Crippen LogP contribution in [-0.2, 0) is 5.54 Å². The molecule has 4 nitrogen and oxygen atoms in total. The Morgan fingerprint density at radius 3 is 2.90 bits per heavy atom. The van der Waals surface area contributed by atoms with Crippen LogP contribution in [0.4, 0.5) is 4.39 Å². The Labute approximate surface area is 121 Å². The molecular weight excluding hydrogens is 277 g/mol. The first-order chi connectivity index (χ1) is 9.33. The third kappa shape index (κ3) is 2.80. The van der Waals surface area contributed by atoms with Crippen molar-refractivity contribution in [3.63, 3.8) is 0 Å². The van der Waals surface area contributed by atoms with Crippen molar-refractivity contribution in [2.24, 2.45) is 16.5 Å². The quantitative estimate of drug-likeness (QED) is 0.876. The van der Waals surface area contributed by atoms with E-state index >= 15 is 0 Å². The van der Waals surface area contributed by atoms with E-state index in [1.165, 1.54) is 18.2 Å². The molecule has 4 N–H and O–H groups in total. The second-order valence-electron chi connectivity index (χ2n) is 5.13. The van der Waals surface area contributed by atoms with Gasteiger partial charge in [-0.2, -0.15) is 11.8 Å². The van der Waals surface area contributed by atoms with Gasteiger partial charge in [0.25, 0.3) is 0 Å². The maximum absolute atomic E-state index is 14.2. The SMILES string of the molecule is C[C@@H]1SCCC(C)(c2cc(C(N)=O)ccc2F)N=C1N. The molecule has 0 bridgehead atoms. The molecule has 2 atom stereocenters. The number of amides is 1. The molecule has 1 aliphatic rings. The van der Waals surface area contributed by atoms with E-state index in [4.69, 9.17) is 11.5 Å². The molecule has 0 saturated heterocycles. The van der Waals surface area contributed by atoms with Crippen LogP contribution in [0, 0.1) is 5.82 Å². The Bertz CT molecular complexity index is 576. The molecule has 0 radical (unpaired) electrons. The molecule has 0 saturated carbocycles. The lowest BCUT2D eigenvalue weighted by Crippen LogP contribution is -2.28. The van der Waals surface area contributed by atoms with Crippen LogP contribution in [-0.4, -0.2) is 22.7 Å². The van der Waals surface area contributed by atoms with Gasteiger partial charge in [0.15, 0.2) is 0 Å². The highest BCUT2D eigenvalue weighted by Gasteiger charge is 2.32. The van der Waals surface area contributed by atoms with Crippen molar-refractivity contribution in [2.75, 3.05) is 5.75 Å². The summed E-state index contributed by atoms with van der Waals surface area (Å²) in [6, 6.07) is 4.12. The maximum Gasteiger partial charge on any atom is 0.248 e. The number of amidine groups is 1. The number of hydrogen-bond acceptors (Lipinski definition) is 4. The highest BCUT2D eigenvalue weighted by molar-refractivity contribution is 8.00. The monoisotopic (exact) mass is 295 g/mol. The first-order valence-corrected chi connectivity index (χ1v) is 7.45. The summed E-state index contributed by atoms with van der Waals surface area (Å²) >= 11 is 1.69. The van der Waals surface area contributed by atoms with Gasteiger partial charge in [0.05, 0.1) is 10.8 Å². The number of aliphatic imine (C=N–C) groups is 1. The summed E-state index contributed by atoms with van der Waals surface area (Å²) in [5, 5.41) is 0.110. The summed E-state index contributed by atoms with van der Waals surface area (Å²) in [6.45, 7) is 3.81. The molecular formula is C14H18FN3OS. The lowest BCUT2D eigenvalue weighted by Gasteiger charge is -2.25. The molecule has 0 aliphatic carbocycles. The Hall–Kier alpha value is -1.56. The lowest BCUT2D eigenvalue weighted by atomic mass is 9.88. The van der Waals surface area contributed by atoms with E-state index in [2.05, 4.69) is 4.99 Å². The molecule has 20 heavy (non-hydrogen) atoms. The smallest absolute Gasteiger partial charge is 0.248 e. The van der Waals surface area contributed by atoms with Crippen LogP contribution >= 0.6 is 11.8 Å². The van der Waals surface area contributed by atoms with Crippen LogP contribution in [0.5, 0.6) is 0 Å². The molecule has 0 spiro atoms. The van der Waals surface area contributed by atoms with E-state index in [-0.39, 0.29) is 10.8 Å². The van der Waals surface area contributed by atoms with Crippen molar-refractivity contribution in [1.82, 2.24) is 0 Å². The van der Waals surface area contributed by atoms with E-state index in [1.54, 1.807) is 11.8 Å². The third-order valence-electron chi connectivity index (χ3n) is 3.58. The number of halogens is 1.